The number of oxime groups is 1. The lowest BCUT2D eigenvalue weighted by Gasteiger charge is -2.38. The zero-order valence-corrected chi connectivity index (χ0v) is 12.8. The van der Waals surface area contributed by atoms with Gasteiger partial charge in [0.25, 0.3) is 0 Å². The molecule has 0 aromatic heterocycles. The van der Waals surface area contributed by atoms with Gasteiger partial charge in [-0.3, -0.25) is 0 Å². The van der Waals surface area contributed by atoms with Crippen molar-refractivity contribution in [2.75, 3.05) is 11.9 Å². The summed E-state index contributed by atoms with van der Waals surface area (Å²) in [6, 6.07) is 5.91. The molecule has 0 aliphatic heterocycles. The fraction of sp³-hybridized carbons (Fsp3) is 0.533. The van der Waals surface area contributed by atoms with E-state index in [1.54, 1.807) is 12.1 Å². The van der Waals surface area contributed by atoms with Crippen LogP contribution in [0.1, 0.15) is 38.2 Å². The van der Waals surface area contributed by atoms with Gasteiger partial charge in [0.05, 0.1) is 0 Å². The summed E-state index contributed by atoms with van der Waals surface area (Å²) in [7, 11) is 2.06. The molecule has 3 N–H and O–H groups in total. The quantitative estimate of drug-likeness (QED) is 0.388. The number of halogens is 1. The Morgan fingerprint density at radius 3 is 2.75 bits per heavy atom. The summed E-state index contributed by atoms with van der Waals surface area (Å²) >= 11 is 6.11. The Morgan fingerprint density at radius 2 is 2.10 bits per heavy atom. The van der Waals surface area contributed by atoms with Gasteiger partial charge in [0.1, 0.15) is 0 Å². The number of rotatable bonds is 3. The van der Waals surface area contributed by atoms with Crippen LogP contribution in [0.25, 0.3) is 0 Å². The van der Waals surface area contributed by atoms with Gasteiger partial charge in [0.2, 0.25) is 0 Å². The lowest BCUT2D eigenvalue weighted by molar-refractivity contribution is 0.318. The van der Waals surface area contributed by atoms with Crippen LogP contribution in [-0.4, -0.2) is 24.1 Å². The minimum Gasteiger partial charge on any atom is -0.409 e. The molecule has 20 heavy (non-hydrogen) atoms. The number of amidine groups is 1. The Bertz CT molecular complexity index is 504. The molecule has 1 aromatic carbocycles. The number of nitrogens with two attached hydrogens (primary N) is 1. The van der Waals surface area contributed by atoms with Gasteiger partial charge in [0, 0.05) is 29.4 Å². The molecule has 2 rings (SSSR count). The van der Waals surface area contributed by atoms with E-state index >= 15 is 0 Å². The highest BCUT2D eigenvalue weighted by atomic mass is 35.5. The summed E-state index contributed by atoms with van der Waals surface area (Å²) in [6.45, 7) is 2.29. The van der Waals surface area contributed by atoms with Crippen LogP contribution in [0.2, 0.25) is 5.02 Å². The van der Waals surface area contributed by atoms with Crippen molar-refractivity contribution in [3.63, 3.8) is 0 Å². The number of nitrogens with zero attached hydrogens (tertiary/aromatic N) is 2. The van der Waals surface area contributed by atoms with Gasteiger partial charge in [-0.25, -0.2) is 0 Å². The third-order valence-corrected chi connectivity index (χ3v) is 4.52. The van der Waals surface area contributed by atoms with E-state index in [-0.39, 0.29) is 5.84 Å². The van der Waals surface area contributed by atoms with E-state index in [0.717, 1.165) is 11.3 Å². The van der Waals surface area contributed by atoms with Gasteiger partial charge >= 0.3 is 0 Å². The molecule has 0 heterocycles. The first-order valence-corrected chi connectivity index (χ1v) is 7.42. The van der Waals surface area contributed by atoms with E-state index in [2.05, 4.69) is 24.0 Å². The van der Waals surface area contributed by atoms with Crippen LogP contribution in [0, 0.1) is 5.92 Å². The van der Waals surface area contributed by atoms with Gasteiger partial charge in [-0.1, -0.05) is 36.5 Å². The second-order valence-electron chi connectivity index (χ2n) is 5.59. The number of benzene rings is 1. The predicted octanol–water partition coefficient (Wildman–Crippen LogP) is 3.45. The highest BCUT2D eigenvalue weighted by Crippen LogP contribution is 2.33. The topological polar surface area (TPSA) is 61.8 Å². The van der Waals surface area contributed by atoms with Crippen LogP contribution in [0.4, 0.5) is 5.69 Å². The molecule has 1 fully saturated rings. The highest BCUT2D eigenvalue weighted by Gasteiger charge is 2.27. The predicted molar refractivity (Wildman–Crippen MR) is 83.8 cm³/mol. The van der Waals surface area contributed by atoms with E-state index in [4.69, 9.17) is 22.5 Å². The fourth-order valence-electron chi connectivity index (χ4n) is 3.12. The van der Waals surface area contributed by atoms with Gasteiger partial charge < -0.3 is 15.8 Å². The minimum absolute atomic E-state index is 0.118. The Morgan fingerprint density at radius 1 is 1.40 bits per heavy atom. The zero-order chi connectivity index (χ0) is 14.7. The molecule has 110 valence electrons. The van der Waals surface area contributed by atoms with Crippen LogP contribution >= 0.6 is 11.6 Å². The molecule has 1 aliphatic carbocycles. The summed E-state index contributed by atoms with van der Waals surface area (Å²) in [6.07, 6.45) is 4.96. The molecule has 1 aromatic rings. The molecular formula is C15H22ClN3O. The normalized spacial score (nSPS) is 23.6. The summed E-state index contributed by atoms with van der Waals surface area (Å²) in [5.41, 5.74) is 7.42. The molecule has 0 radical (unpaired) electrons. The summed E-state index contributed by atoms with van der Waals surface area (Å²) in [5, 5.41) is 12.7. The fourth-order valence-corrected chi connectivity index (χ4v) is 3.28. The van der Waals surface area contributed by atoms with E-state index in [1.807, 2.05) is 6.07 Å². The van der Waals surface area contributed by atoms with E-state index in [1.165, 1.54) is 25.7 Å². The largest absolute Gasteiger partial charge is 0.409 e. The smallest absolute Gasteiger partial charge is 0.172 e. The second kappa shape index (κ2) is 6.35. The van der Waals surface area contributed by atoms with Gasteiger partial charge in [-0.15, -0.1) is 0 Å². The van der Waals surface area contributed by atoms with Crippen molar-refractivity contribution in [1.29, 1.82) is 0 Å². The number of anilines is 1. The van der Waals surface area contributed by atoms with Crippen LogP contribution in [-0.2, 0) is 0 Å². The molecule has 1 aliphatic rings. The average molecular weight is 296 g/mol. The third kappa shape index (κ3) is 3.01. The van der Waals surface area contributed by atoms with Crippen LogP contribution in [0.3, 0.4) is 0 Å². The van der Waals surface area contributed by atoms with Gasteiger partial charge in [-0.05, 0) is 37.0 Å². The van der Waals surface area contributed by atoms with E-state index in [9.17, 15) is 0 Å². The SMILES string of the molecule is CC1CCCCC1N(C)c1cc(Cl)ccc1C(N)=NO. The first kappa shape index (κ1) is 15.0. The lowest BCUT2D eigenvalue weighted by atomic mass is 9.84. The van der Waals surface area contributed by atoms with Crippen molar-refractivity contribution >= 4 is 23.1 Å². The van der Waals surface area contributed by atoms with Gasteiger partial charge in [-0.2, -0.15) is 0 Å². The van der Waals surface area contributed by atoms with Crippen molar-refractivity contribution in [1.82, 2.24) is 0 Å². The Hall–Kier alpha value is -1.42. The molecule has 1 saturated carbocycles. The second-order valence-corrected chi connectivity index (χ2v) is 6.02. The van der Waals surface area contributed by atoms with E-state index < -0.39 is 0 Å². The molecule has 0 spiro atoms. The maximum atomic E-state index is 8.94. The number of hydrogen-bond acceptors (Lipinski definition) is 3. The van der Waals surface area contributed by atoms with Crippen LogP contribution in [0.5, 0.6) is 0 Å². The van der Waals surface area contributed by atoms with Crippen molar-refractivity contribution < 1.29 is 5.21 Å². The van der Waals surface area contributed by atoms with Crippen molar-refractivity contribution in [3.8, 4) is 0 Å². The minimum atomic E-state index is 0.118. The number of hydrogen-bond donors (Lipinski definition) is 2. The molecule has 0 bridgehead atoms. The standard InChI is InChI=1S/C15H22ClN3O/c1-10-5-3-4-6-13(10)19(2)14-9-11(16)7-8-12(14)15(17)18-20/h7-10,13,20H,3-6H2,1-2H3,(H2,17,18). The monoisotopic (exact) mass is 295 g/mol. The van der Waals surface area contributed by atoms with Gasteiger partial charge in [0.15, 0.2) is 5.84 Å². The van der Waals surface area contributed by atoms with Crippen LogP contribution < -0.4 is 10.6 Å². The molecule has 2 unspecified atom stereocenters. The first-order chi connectivity index (χ1) is 9.54. The molecule has 0 saturated heterocycles. The maximum absolute atomic E-state index is 8.94. The Balaban J connectivity index is 2.37. The van der Waals surface area contributed by atoms with E-state index in [0.29, 0.717) is 17.0 Å². The first-order valence-electron chi connectivity index (χ1n) is 7.05. The van der Waals surface area contributed by atoms with Crippen molar-refractivity contribution in [2.45, 2.75) is 38.6 Å². The Kier molecular flexibility index (Phi) is 4.76. The zero-order valence-electron chi connectivity index (χ0n) is 12.0. The molecule has 5 heteroatoms. The third-order valence-electron chi connectivity index (χ3n) is 4.29. The van der Waals surface area contributed by atoms with Crippen molar-refractivity contribution in [3.05, 3.63) is 28.8 Å². The summed E-state index contributed by atoms with van der Waals surface area (Å²) in [4.78, 5) is 2.23. The molecule has 0 amide bonds. The molecule has 4 nitrogen and oxygen atoms in total. The summed E-state index contributed by atoms with van der Waals surface area (Å²) < 4.78 is 0. The van der Waals surface area contributed by atoms with Crippen LogP contribution in [0.15, 0.2) is 23.4 Å². The maximum Gasteiger partial charge on any atom is 0.172 e. The Labute approximate surface area is 125 Å². The highest BCUT2D eigenvalue weighted by molar-refractivity contribution is 6.31. The summed E-state index contributed by atoms with van der Waals surface area (Å²) in [5.74, 6) is 0.750. The molecule has 2 atom stereocenters. The average Bonchev–Trinajstić information content (AvgIpc) is 2.46. The molecular weight excluding hydrogens is 274 g/mol. The lowest BCUT2D eigenvalue weighted by Crippen LogP contribution is -2.40. The van der Waals surface area contributed by atoms with Crippen molar-refractivity contribution in [2.24, 2.45) is 16.8 Å².